The molecule has 0 bridgehead atoms. The normalized spacial score (nSPS) is 18.7. The highest BCUT2D eigenvalue weighted by Crippen LogP contribution is 2.45. The van der Waals surface area contributed by atoms with Gasteiger partial charge in [-0.3, -0.25) is 9.69 Å². The zero-order valence-corrected chi connectivity index (χ0v) is 20.4. The number of nitrogens with one attached hydrogen (secondary N) is 1. The summed E-state index contributed by atoms with van der Waals surface area (Å²) in [5.74, 6) is -2.67. The largest absolute Gasteiger partial charge is 0.466 e. The van der Waals surface area contributed by atoms with Gasteiger partial charge in [0.1, 0.15) is 11.5 Å². The molecule has 2 aliphatic heterocycles. The maximum atomic E-state index is 13.2. The van der Waals surface area contributed by atoms with E-state index in [1.807, 2.05) is 13.8 Å². The Hall–Kier alpha value is -4.58. The van der Waals surface area contributed by atoms with E-state index in [1.54, 1.807) is 48.5 Å². The average Bonchev–Trinajstić information content (AvgIpc) is 2.86. The van der Waals surface area contributed by atoms with Gasteiger partial charge in [-0.15, -0.1) is 0 Å². The second-order valence-electron chi connectivity index (χ2n) is 9.17. The van der Waals surface area contributed by atoms with E-state index in [4.69, 9.17) is 15.2 Å². The standard InChI is InChI=1S/C27H26N4O5/c1-27(2)13-20(32)30-19-11-10-16(12-18(19)27)31-23(26(34)36-4)22(25(33)35-3)21(17(14-28)24(31)29)15-8-6-5-7-9-15/h5-12,21H,13,29H2,1-4H3,(H,30,32). The lowest BCUT2D eigenvalue weighted by Crippen LogP contribution is -2.41. The van der Waals surface area contributed by atoms with Crippen LogP contribution in [0.3, 0.4) is 0 Å². The molecule has 4 rings (SSSR count). The number of nitrogens with two attached hydrogens (primary N) is 1. The number of nitriles is 1. The molecule has 3 N–H and O–H groups in total. The quantitative estimate of drug-likeness (QED) is 0.629. The van der Waals surface area contributed by atoms with Crippen LogP contribution in [0.25, 0.3) is 0 Å². The third kappa shape index (κ3) is 3.96. The van der Waals surface area contributed by atoms with E-state index in [9.17, 15) is 19.6 Å². The molecule has 0 radical (unpaired) electrons. The molecule has 2 aromatic rings. The van der Waals surface area contributed by atoms with Crippen LogP contribution in [-0.2, 0) is 29.3 Å². The zero-order valence-electron chi connectivity index (χ0n) is 20.4. The highest BCUT2D eigenvalue weighted by molar-refractivity contribution is 6.06. The number of carbonyl (C=O) groups excluding carboxylic acids is 3. The first-order chi connectivity index (χ1) is 17.1. The highest BCUT2D eigenvalue weighted by Gasteiger charge is 2.43. The summed E-state index contributed by atoms with van der Waals surface area (Å²) in [6.07, 6.45) is 0.265. The summed E-state index contributed by atoms with van der Waals surface area (Å²) in [6, 6.07) is 16.1. The Labute approximate surface area is 208 Å². The lowest BCUT2D eigenvalue weighted by molar-refractivity contribution is -0.139. The molecule has 2 heterocycles. The van der Waals surface area contributed by atoms with Gasteiger partial charge in [-0.25, -0.2) is 9.59 Å². The van der Waals surface area contributed by atoms with Crippen LogP contribution >= 0.6 is 0 Å². The number of anilines is 2. The third-order valence-corrected chi connectivity index (χ3v) is 6.48. The van der Waals surface area contributed by atoms with Crippen molar-refractivity contribution in [1.29, 1.82) is 5.26 Å². The molecule has 0 saturated heterocycles. The number of fused-ring (bicyclic) bond motifs is 1. The SMILES string of the molecule is COC(=O)C1=C(C(=O)OC)N(c2ccc3c(c2)C(C)(C)CC(=O)N3)C(N)=C(C#N)C1c1ccccc1. The number of hydrogen-bond acceptors (Lipinski definition) is 8. The summed E-state index contributed by atoms with van der Waals surface area (Å²) in [6.45, 7) is 3.87. The van der Waals surface area contributed by atoms with Crippen LogP contribution < -0.4 is 16.0 Å². The summed E-state index contributed by atoms with van der Waals surface area (Å²) in [7, 11) is 2.40. The lowest BCUT2D eigenvalue weighted by Gasteiger charge is -2.37. The number of ether oxygens (including phenoxy) is 2. The van der Waals surface area contributed by atoms with Gasteiger partial charge in [-0.1, -0.05) is 44.2 Å². The molecule has 0 saturated carbocycles. The number of nitrogens with zero attached hydrogens (tertiary/aromatic N) is 2. The molecule has 0 fully saturated rings. The van der Waals surface area contributed by atoms with E-state index in [2.05, 4.69) is 11.4 Å². The number of hydrogen-bond donors (Lipinski definition) is 2. The molecule has 36 heavy (non-hydrogen) atoms. The third-order valence-electron chi connectivity index (χ3n) is 6.48. The topological polar surface area (TPSA) is 135 Å². The molecule has 1 amide bonds. The van der Waals surface area contributed by atoms with Crippen molar-refractivity contribution in [2.75, 3.05) is 24.4 Å². The number of rotatable bonds is 4. The van der Waals surface area contributed by atoms with Crippen LogP contribution in [-0.4, -0.2) is 32.1 Å². The van der Waals surface area contributed by atoms with E-state index in [0.29, 0.717) is 16.9 Å². The predicted octanol–water partition coefficient (Wildman–Crippen LogP) is 3.20. The van der Waals surface area contributed by atoms with Crippen LogP contribution in [0.4, 0.5) is 11.4 Å². The molecular formula is C27H26N4O5. The Morgan fingerprint density at radius 2 is 1.78 bits per heavy atom. The maximum absolute atomic E-state index is 13.2. The van der Waals surface area contributed by atoms with Crippen LogP contribution in [0.1, 0.15) is 37.3 Å². The molecule has 2 aliphatic rings. The monoisotopic (exact) mass is 486 g/mol. The van der Waals surface area contributed by atoms with Crippen molar-refractivity contribution in [3.05, 3.63) is 82.3 Å². The average molecular weight is 487 g/mol. The van der Waals surface area contributed by atoms with Crippen LogP contribution in [0, 0.1) is 11.3 Å². The van der Waals surface area contributed by atoms with Gasteiger partial charge in [0.2, 0.25) is 5.91 Å². The number of allylic oxidation sites excluding steroid dienone is 1. The van der Waals surface area contributed by atoms with E-state index < -0.39 is 23.3 Å². The number of benzene rings is 2. The van der Waals surface area contributed by atoms with E-state index >= 15 is 0 Å². The van der Waals surface area contributed by atoms with Gasteiger partial charge in [-0.05, 0) is 29.3 Å². The number of esters is 2. The maximum Gasteiger partial charge on any atom is 0.355 e. The molecule has 2 aromatic carbocycles. The summed E-state index contributed by atoms with van der Waals surface area (Å²) in [4.78, 5) is 39.9. The second-order valence-corrected chi connectivity index (χ2v) is 9.17. The predicted molar refractivity (Wildman–Crippen MR) is 132 cm³/mol. The molecule has 0 spiro atoms. The first-order valence-electron chi connectivity index (χ1n) is 11.2. The van der Waals surface area contributed by atoms with Crippen molar-refractivity contribution in [3.63, 3.8) is 0 Å². The van der Waals surface area contributed by atoms with Crippen molar-refractivity contribution in [2.24, 2.45) is 5.73 Å². The Morgan fingerprint density at radius 1 is 1.11 bits per heavy atom. The van der Waals surface area contributed by atoms with Crippen molar-refractivity contribution in [1.82, 2.24) is 0 Å². The zero-order chi connectivity index (χ0) is 26.2. The van der Waals surface area contributed by atoms with Crippen LogP contribution in [0.15, 0.2) is 71.2 Å². The first kappa shape index (κ1) is 24.5. The van der Waals surface area contributed by atoms with Crippen molar-refractivity contribution in [2.45, 2.75) is 31.6 Å². The molecule has 0 aliphatic carbocycles. The van der Waals surface area contributed by atoms with Crippen LogP contribution in [0.2, 0.25) is 0 Å². The van der Waals surface area contributed by atoms with Gasteiger partial charge in [0, 0.05) is 23.2 Å². The molecule has 1 unspecified atom stereocenters. The molecular weight excluding hydrogens is 460 g/mol. The van der Waals surface area contributed by atoms with Gasteiger partial charge < -0.3 is 20.5 Å². The summed E-state index contributed by atoms with van der Waals surface area (Å²) in [5, 5.41) is 13.0. The van der Waals surface area contributed by atoms with Crippen molar-refractivity contribution >= 4 is 29.2 Å². The number of methoxy groups -OCH3 is 2. The van der Waals surface area contributed by atoms with Gasteiger partial charge in [0.25, 0.3) is 0 Å². The van der Waals surface area contributed by atoms with E-state index in [0.717, 1.165) is 5.56 Å². The molecule has 9 nitrogen and oxygen atoms in total. The van der Waals surface area contributed by atoms with E-state index in [1.165, 1.54) is 19.1 Å². The smallest absolute Gasteiger partial charge is 0.355 e. The van der Waals surface area contributed by atoms with Gasteiger partial charge in [-0.2, -0.15) is 5.26 Å². The summed E-state index contributed by atoms with van der Waals surface area (Å²) >= 11 is 0. The van der Waals surface area contributed by atoms with Crippen LogP contribution in [0.5, 0.6) is 0 Å². The van der Waals surface area contributed by atoms with Crippen molar-refractivity contribution < 1.29 is 23.9 Å². The Morgan fingerprint density at radius 3 is 2.39 bits per heavy atom. The van der Waals surface area contributed by atoms with E-state index in [-0.39, 0.29) is 35.0 Å². The first-order valence-corrected chi connectivity index (χ1v) is 11.2. The van der Waals surface area contributed by atoms with Gasteiger partial charge >= 0.3 is 11.9 Å². The van der Waals surface area contributed by atoms with Gasteiger partial charge in [0.15, 0.2) is 0 Å². The minimum Gasteiger partial charge on any atom is -0.466 e. The molecule has 184 valence electrons. The fourth-order valence-electron chi connectivity index (χ4n) is 4.81. The summed E-state index contributed by atoms with van der Waals surface area (Å²) in [5.41, 5.74) is 8.41. The number of carbonyl (C=O) groups is 3. The fourth-order valence-corrected chi connectivity index (χ4v) is 4.81. The Balaban J connectivity index is 2.03. The summed E-state index contributed by atoms with van der Waals surface area (Å²) < 4.78 is 10.1. The van der Waals surface area contributed by atoms with Crippen molar-refractivity contribution in [3.8, 4) is 6.07 Å². The minimum atomic E-state index is -0.942. The molecule has 9 heteroatoms. The molecule has 1 atom stereocenters. The molecule has 0 aromatic heterocycles. The lowest BCUT2D eigenvalue weighted by atomic mass is 9.77. The highest BCUT2D eigenvalue weighted by atomic mass is 16.5. The minimum absolute atomic E-state index is 0.0167. The number of amides is 1. The van der Waals surface area contributed by atoms with Gasteiger partial charge in [0.05, 0.1) is 37.4 Å². The Kier molecular flexibility index (Phi) is 6.29. The second kappa shape index (κ2) is 9.23. The fraction of sp³-hybridized carbons (Fsp3) is 0.259. The Bertz CT molecular complexity index is 1370.